The van der Waals surface area contributed by atoms with E-state index in [-0.39, 0.29) is 6.10 Å². The van der Waals surface area contributed by atoms with E-state index in [0.717, 1.165) is 47.8 Å². The predicted octanol–water partition coefficient (Wildman–Crippen LogP) is 5.60. The molecule has 4 rings (SSSR count). The molecule has 0 unspecified atom stereocenters. The number of aromatic nitrogens is 1. The lowest BCUT2D eigenvalue weighted by Crippen LogP contribution is -2.18. The zero-order valence-corrected chi connectivity index (χ0v) is 20.5. The largest absolute Gasteiger partial charge is 0.493 e. The standard InChI is InChI=1S/C27H30N6O3/c1-17(2)36-27(34)32-19-8-6-18(7-9-19)26-23(15-28)22-11-10-21(35-13-12-25(30)31-16-29)14-24(22)33(26)20-4-3-5-20/h6-11,14,16-17,20H,3-5,12-13H2,1-2H3,(H,32,34)(H3,29,30,31). The van der Waals surface area contributed by atoms with E-state index >= 15 is 0 Å². The molecule has 186 valence electrons. The highest BCUT2D eigenvalue weighted by atomic mass is 16.6. The Hall–Kier alpha value is -4.32. The predicted molar refractivity (Wildman–Crippen MR) is 141 cm³/mol. The number of amides is 1. The Morgan fingerprint density at radius 3 is 2.67 bits per heavy atom. The van der Waals surface area contributed by atoms with E-state index in [1.54, 1.807) is 13.8 Å². The SMILES string of the molecule is CC(C)OC(=O)Nc1ccc(-c2c(C#N)c3ccc(OCCC(N)=NC=N)cc3n2C2CCC2)cc1. The molecular weight excluding hydrogens is 456 g/mol. The van der Waals surface area contributed by atoms with Crippen molar-refractivity contribution >= 4 is 34.9 Å². The van der Waals surface area contributed by atoms with Crippen LogP contribution in [-0.2, 0) is 4.74 Å². The summed E-state index contributed by atoms with van der Waals surface area (Å²) in [5.74, 6) is 1.02. The van der Waals surface area contributed by atoms with Crippen LogP contribution in [0.15, 0.2) is 47.5 Å². The van der Waals surface area contributed by atoms with Gasteiger partial charge < -0.3 is 19.8 Å². The molecular formula is C27H30N6O3. The number of ether oxygens (including phenoxy) is 2. The molecule has 1 fully saturated rings. The number of carbonyl (C=O) groups is 1. The van der Waals surface area contributed by atoms with Gasteiger partial charge in [-0.1, -0.05) is 12.1 Å². The molecule has 9 heteroatoms. The van der Waals surface area contributed by atoms with Crippen molar-refractivity contribution in [2.45, 2.75) is 51.7 Å². The van der Waals surface area contributed by atoms with Crippen molar-refractivity contribution < 1.29 is 14.3 Å². The molecule has 1 aliphatic rings. The molecule has 1 aromatic heterocycles. The number of carbonyl (C=O) groups excluding carboxylic acids is 1. The van der Waals surface area contributed by atoms with Crippen LogP contribution in [0.4, 0.5) is 10.5 Å². The number of fused-ring (bicyclic) bond motifs is 1. The molecule has 0 bridgehead atoms. The van der Waals surface area contributed by atoms with Gasteiger partial charge in [0.1, 0.15) is 24.0 Å². The monoisotopic (exact) mass is 486 g/mol. The van der Waals surface area contributed by atoms with Crippen molar-refractivity contribution in [2.24, 2.45) is 10.7 Å². The molecule has 2 aromatic carbocycles. The van der Waals surface area contributed by atoms with Crippen molar-refractivity contribution in [3.63, 3.8) is 0 Å². The maximum atomic E-state index is 11.9. The molecule has 0 radical (unpaired) electrons. The van der Waals surface area contributed by atoms with Crippen LogP contribution in [0.2, 0.25) is 0 Å². The Morgan fingerprint density at radius 1 is 1.31 bits per heavy atom. The first-order valence-electron chi connectivity index (χ1n) is 12.0. The van der Waals surface area contributed by atoms with Gasteiger partial charge in [-0.15, -0.1) is 0 Å². The quantitative estimate of drug-likeness (QED) is 0.267. The van der Waals surface area contributed by atoms with E-state index in [0.29, 0.717) is 41.9 Å². The third-order valence-electron chi connectivity index (χ3n) is 6.13. The number of nitriles is 1. The van der Waals surface area contributed by atoms with Gasteiger partial charge in [0.15, 0.2) is 0 Å². The minimum Gasteiger partial charge on any atom is -0.493 e. The van der Waals surface area contributed by atoms with Crippen molar-refractivity contribution in [3.05, 3.63) is 48.0 Å². The maximum absolute atomic E-state index is 11.9. The summed E-state index contributed by atoms with van der Waals surface area (Å²) in [6, 6.07) is 15.9. The molecule has 0 saturated heterocycles. The Morgan fingerprint density at radius 2 is 2.06 bits per heavy atom. The highest BCUT2D eigenvalue weighted by molar-refractivity contribution is 5.96. The summed E-state index contributed by atoms with van der Waals surface area (Å²) in [6.07, 6.45) is 3.86. The van der Waals surface area contributed by atoms with Gasteiger partial charge in [-0.05, 0) is 62.9 Å². The van der Waals surface area contributed by atoms with Crippen molar-refractivity contribution in [3.8, 4) is 23.1 Å². The normalized spacial score (nSPS) is 13.8. The highest BCUT2D eigenvalue weighted by Gasteiger charge is 2.28. The zero-order chi connectivity index (χ0) is 25.7. The van der Waals surface area contributed by atoms with Gasteiger partial charge >= 0.3 is 6.09 Å². The van der Waals surface area contributed by atoms with Crippen LogP contribution in [0.25, 0.3) is 22.2 Å². The third kappa shape index (κ3) is 5.33. The average Bonchev–Trinajstić information content (AvgIpc) is 3.11. The lowest BCUT2D eigenvalue weighted by molar-refractivity contribution is 0.130. The lowest BCUT2D eigenvalue weighted by atomic mass is 9.92. The summed E-state index contributed by atoms with van der Waals surface area (Å²) in [4.78, 5) is 15.7. The van der Waals surface area contributed by atoms with E-state index in [9.17, 15) is 10.1 Å². The molecule has 1 heterocycles. The topological polar surface area (TPSA) is 139 Å². The van der Waals surface area contributed by atoms with Crippen molar-refractivity contribution in [1.82, 2.24) is 4.57 Å². The fourth-order valence-corrected chi connectivity index (χ4v) is 4.29. The molecule has 4 N–H and O–H groups in total. The lowest BCUT2D eigenvalue weighted by Gasteiger charge is -2.30. The van der Waals surface area contributed by atoms with E-state index in [2.05, 4.69) is 20.9 Å². The van der Waals surface area contributed by atoms with Crippen LogP contribution >= 0.6 is 0 Å². The van der Waals surface area contributed by atoms with Gasteiger partial charge in [0, 0.05) is 29.6 Å². The Balaban J connectivity index is 1.68. The van der Waals surface area contributed by atoms with Crippen molar-refractivity contribution in [2.75, 3.05) is 11.9 Å². The van der Waals surface area contributed by atoms with Crippen LogP contribution in [0, 0.1) is 16.7 Å². The number of benzene rings is 2. The van der Waals surface area contributed by atoms with Gasteiger partial charge in [-0.2, -0.15) is 5.26 Å². The fourth-order valence-electron chi connectivity index (χ4n) is 4.29. The van der Waals surface area contributed by atoms with E-state index < -0.39 is 6.09 Å². The first kappa shape index (κ1) is 24.8. The van der Waals surface area contributed by atoms with Gasteiger partial charge in [0.05, 0.1) is 29.5 Å². The number of hydrogen-bond donors (Lipinski definition) is 3. The first-order chi connectivity index (χ1) is 17.4. The second-order valence-electron chi connectivity index (χ2n) is 8.97. The summed E-state index contributed by atoms with van der Waals surface area (Å²) >= 11 is 0. The van der Waals surface area contributed by atoms with Crippen molar-refractivity contribution in [1.29, 1.82) is 10.7 Å². The Bertz CT molecular complexity index is 1330. The number of anilines is 1. The van der Waals surface area contributed by atoms with Crippen LogP contribution in [-0.4, -0.2) is 35.5 Å². The van der Waals surface area contributed by atoms with E-state index in [4.69, 9.17) is 20.6 Å². The second-order valence-corrected chi connectivity index (χ2v) is 8.97. The molecule has 9 nitrogen and oxygen atoms in total. The van der Waals surface area contributed by atoms with Gasteiger partial charge in [0.25, 0.3) is 0 Å². The molecule has 1 amide bonds. The number of nitrogens with one attached hydrogen (secondary N) is 2. The van der Waals surface area contributed by atoms with E-state index in [1.165, 1.54) is 0 Å². The molecule has 0 aliphatic heterocycles. The minimum atomic E-state index is -0.502. The zero-order valence-electron chi connectivity index (χ0n) is 20.5. The van der Waals surface area contributed by atoms with Gasteiger partial charge in [0.2, 0.25) is 0 Å². The third-order valence-corrected chi connectivity index (χ3v) is 6.13. The number of nitrogens with two attached hydrogens (primary N) is 1. The number of hydrogen-bond acceptors (Lipinski definition) is 5. The number of nitrogens with zero attached hydrogens (tertiary/aromatic N) is 3. The Labute approximate surface area is 210 Å². The number of aliphatic imine (C=N–C) groups is 1. The summed E-state index contributed by atoms with van der Waals surface area (Å²) in [6.45, 7) is 3.93. The summed E-state index contributed by atoms with van der Waals surface area (Å²) < 4.78 is 13.3. The summed E-state index contributed by atoms with van der Waals surface area (Å²) in [7, 11) is 0. The van der Waals surface area contributed by atoms with Gasteiger partial charge in [-0.3, -0.25) is 10.7 Å². The molecule has 36 heavy (non-hydrogen) atoms. The Kier molecular flexibility index (Phi) is 7.54. The van der Waals surface area contributed by atoms with Crippen LogP contribution in [0.1, 0.15) is 51.1 Å². The number of amidine groups is 1. The molecule has 1 aliphatic carbocycles. The fraction of sp³-hybridized carbons (Fsp3) is 0.333. The molecule has 3 aromatic rings. The highest BCUT2D eigenvalue weighted by Crippen LogP contribution is 2.43. The van der Waals surface area contributed by atoms with Crippen LogP contribution in [0.5, 0.6) is 5.75 Å². The first-order valence-corrected chi connectivity index (χ1v) is 12.0. The smallest absolute Gasteiger partial charge is 0.411 e. The summed E-state index contributed by atoms with van der Waals surface area (Å²) in [5.41, 5.74) is 9.70. The molecule has 0 atom stereocenters. The minimum absolute atomic E-state index is 0.207. The van der Waals surface area contributed by atoms with E-state index in [1.807, 2.05) is 42.5 Å². The van der Waals surface area contributed by atoms with Gasteiger partial charge in [-0.25, -0.2) is 9.79 Å². The second kappa shape index (κ2) is 11.0. The van der Waals surface area contributed by atoms with Crippen LogP contribution < -0.4 is 15.8 Å². The summed E-state index contributed by atoms with van der Waals surface area (Å²) in [5, 5.41) is 20.7. The maximum Gasteiger partial charge on any atom is 0.411 e. The number of rotatable bonds is 9. The molecule has 0 spiro atoms. The van der Waals surface area contributed by atoms with Crippen LogP contribution in [0.3, 0.4) is 0 Å². The molecule has 1 saturated carbocycles. The average molecular weight is 487 g/mol.